The Morgan fingerprint density at radius 3 is 2.71 bits per heavy atom. The minimum absolute atomic E-state index is 0.101. The fourth-order valence-electron chi connectivity index (χ4n) is 2.72. The van der Waals surface area contributed by atoms with Crippen molar-refractivity contribution in [1.82, 2.24) is 15.3 Å². The number of carbonyl (C=O) groups is 1. The molecule has 24 heavy (non-hydrogen) atoms. The van der Waals surface area contributed by atoms with Gasteiger partial charge in [-0.15, -0.1) is 0 Å². The molecule has 1 N–H and O–H groups in total. The first-order valence-electron chi connectivity index (χ1n) is 8.29. The second kappa shape index (κ2) is 7.77. The van der Waals surface area contributed by atoms with E-state index in [2.05, 4.69) is 20.2 Å². The van der Waals surface area contributed by atoms with Crippen LogP contribution in [-0.4, -0.2) is 42.1 Å². The van der Waals surface area contributed by atoms with Crippen molar-refractivity contribution in [3.63, 3.8) is 0 Å². The molecule has 1 amide bonds. The number of hydrogen-bond donors (Lipinski definition) is 1. The predicted octanol–water partition coefficient (Wildman–Crippen LogP) is 2.19. The summed E-state index contributed by atoms with van der Waals surface area (Å²) in [5.41, 5.74) is 0.645. The monoisotopic (exact) mass is 326 g/mol. The van der Waals surface area contributed by atoms with Crippen LogP contribution in [0.1, 0.15) is 29.0 Å². The van der Waals surface area contributed by atoms with Crippen molar-refractivity contribution in [2.24, 2.45) is 0 Å². The Balaban J connectivity index is 1.50. The first kappa shape index (κ1) is 16.2. The standard InChI is InChI=1S/C18H22N4O2/c1-14-20-16(22-10-5-6-11-22)13-17(21-14)24-12-9-19-18(23)15-7-3-2-4-8-15/h2-4,7-8,13H,5-6,9-12H2,1H3,(H,19,23). The minimum atomic E-state index is -0.101. The van der Waals surface area contributed by atoms with Gasteiger partial charge in [-0.1, -0.05) is 18.2 Å². The Morgan fingerprint density at radius 2 is 1.96 bits per heavy atom. The molecule has 126 valence electrons. The third-order valence-electron chi connectivity index (χ3n) is 3.90. The molecule has 0 bridgehead atoms. The molecule has 6 nitrogen and oxygen atoms in total. The van der Waals surface area contributed by atoms with E-state index in [4.69, 9.17) is 4.74 Å². The number of ether oxygens (including phenoxy) is 1. The van der Waals surface area contributed by atoms with E-state index in [1.54, 1.807) is 12.1 Å². The maximum atomic E-state index is 11.9. The van der Waals surface area contributed by atoms with Crippen LogP contribution < -0.4 is 15.0 Å². The normalized spacial score (nSPS) is 13.8. The molecule has 1 saturated heterocycles. The molecule has 1 fully saturated rings. The van der Waals surface area contributed by atoms with Crippen LogP contribution in [0.25, 0.3) is 0 Å². The SMILES string of the molecule is Cc1nc(OCCNC(=O)c2ccccc2)cc(N2CCCC2)n1. The number of amides is 1. The van der Waals surface area contributed by atoms with Gasteiger partial charge < -0.3 is 15.0 Å². The highest BCUT2D eigenvalue weighted by Gasteiger charge is 2.15. The van der Waals surface area contributed by atoms with Crippen LogP contribution >= 0.6 is 0 Å². The Labute approximate surface area is 141 Å². The van der Waals surface area contributed by atoms with E-state index in [0.717, 1.165) is 18.9 Å². The van der Waals surface area contributed by atoms with Gasteiger partial charge in [-0.05, 0) is 31.9 Å². The van der Waals surface area contributed by atoms with E-state index in [1.807, 2.05) is 31.2 Å². The topological polar surface area (TPSA) is 67.3 Å². The van der Waals surface area contributed by atoms with Gasteiger partial charge in [0.05, 0.1) is 6.54 Å². The molecule has 2 aromatic rings. The van der Waals surface area contributed by atoms with Gasteiger partial charge in [0.15, 0.2) is 0 Å². The molecule has 0 saturated carbocycles. The Morgan fingerprint density at radius 1 is 1.21 bits per heavy atom. The van der Waals surface area contributed by atoms with E-state index in [0.29, 0.717) is 30.4 Å². The van der Waals surface area contributed by atoms with E-state index in [1.165, 1.54) is 12.8 Å². The van der Waals surface area contributed by atoms with Crippen LogP contribution in [0.5, 0.6) is 5.88 Å². The summed E-state index contributed by atoms with van der Waals surface area (Å²) in [5.74, 6) is 2.07. The number of aryl methyl sites for hydroxylation is 1. The number of anilines is 1. The lowest BCUT2D eigenvalue weighted by Crippen LogP contribution is -2.28. The summed E-state index contributed by atoms with van der Waals surface area (Å²) in [4.78, 5) is 23.0. The van der Waals surface area contributed by atoms with Crippen LogP contribution in [0.2, 0.25) is 0 Å². The first-order chi connectivity index (χ1) is 11.7. The van der Waals surface area contributed by atoms with Gasteiger partial charge in [-0.25, -0.2) is 4.98 Å². The maximum absolute atomic E-state index is 11.9. The predicted molar refractivity (Wildman–Crippen MR) is 92.5 cm³/mol. The van der Waals surface area contributed by atoms with Crippen LogP contribution in [0.3, 0.4) is 0 Å². The summed E-state index contributed by atoms with van der Waals surface area (Å²) >= 11 is 0. The fourth-order valence-corrected chi connectivity index (χ4v) is 2.72. The molecule has 0 aliphatic carbocycles. The number of hydrogen-bond acceptors (Lipinski definition) is 5. The number of aromatic nitrogens is 2. The fraction of sp³-hybridized carbons (Fsp3) is 0.389. The number of nitrogens with zero attached hydrogens (tertiary/aromatic N) is 3. The summed E-state index contributed by atoms with van der Waals surface area (Å²) in [6.45, 7) is 4.72. The van der Waals surface area contributed by atoms with Crippen molar-refractivity contribution in [3.8, 4) is 5.88 Å². The summed E-state index contributed by atoms with van der Waals surface area (Å²) in [7, 11) is 0. The van der Waals surface area contributed by atoms with Crippen molar-refractivity contribution in [2.75, 3.05) is 31.1 Å². The highest BCUT2D eigenvalue weighted by Crippen LogP contribution is 2.21. The van der Waals surface area contributed by atoms with Crippen molar-refractivity contribution in [2.45, 2.75) is 19.8 Å². The van der Waals surface area contributed by atoms with E-state index < -0.39 is 0 Å². The average molecular weight is 326 g/mol. The largest absolute Gasteiger partial charge is 0.476 e. The van der Waals surface area contributed by atoms with Gasteiger partial charge in [0.25, 0.3) is 5.91 Å². The smallest absolute Gasteiger partial charge is 0.251 e. The molecule has 3 rings (SSSR count). The average Bonchev–Trinajstić information content (AvgIpc) is 3.13. The second-order valence-corrected chi connectivity index (χ2v) is 5.78. The van der Waals surface area contributed by atoms with Crippen LogP contribution in [0, 0.1) is 6.92 Å². The molecule has 6 heteroatoms. The van der Waals surface area contributed by atoms with Crippen LogP contribution in [0.4, 0.5) is 5.82 Å². The third-order valence-corrected chi connectivity index (χ3v) is 3.90. The number of benzene rings is 1. The van der Waals surface area contributed by atoms with E-state index in [-0.39, 0.29) is 5.91 Å². The molecule has 1 aromatic heterocycles. The van der Waals surface area contributed by atoms with Gasteiger partial charge in [-0.3, -0.25) is 4.79 Å². The number of nitrogens with one attached hydrogen (secondary N) is 1. The molecule has 0 spiro atoms. The van der Waals surface area contributed by atoms with Gasteiger partial charge >= 0.3 is 0 Å². The van der Waals surface area contributed by atoms with Gasteiger partial charge in [0, 0.05) is 24.7 Å². The summed E-state index contributed by atoms with van der Waals surface area (Å²) in [5, 5.41) is 2.84. The van der Waals surface area contributed by atoms with Crippen LogP contribution in [-0.2, 0) is 0 Å². The second-order valence-electron chi connectivity index (χ2n) is 5.78. The molecule has 1 aromatic carbocycles. The minimum Gasteiger partial charge on any atom is -0.476 e. The molecular formula is C18H22N4O2. The zero-order valence-electron chi connectivity index (χ0n) is 13.9. The molecule has 1 aliphatic rings. The van der Waals surface area contributed by atoms with Gasteiger partial charge in [0.2, 0.25) is 5.88 Å². The van der Waals surface area contributed by atoms with Gasteiger partial charge in [0.1, 0.15) is 18.2 Å². The zero-order chi connectivity index (χ0) is 16.8. The quantitative estimate of drug-likeness (QED) is 0.824. The Hall–Kier alpha value is -2.63. The lowest BCUT2D eigenvalue weighted by atomic mass is 10.2. The van der Waals surface area contributed by atoms with Crippen molar-refractivity contribution >= 4 is 11.7 Å². The molecule has 0 radical (unpaired) electrons. The van der Waals surface area contributed by atoms with Crippen molar-refractivity contribution in [1.29, 1.82) is 0 Å². The highest BCUT2D eigenvalue weighted by molar-refractivity contribution is 5.94. The molecule has 0 atom stereocenters. The summed E-state index contributed by atoms with van der Waals surface area (Å²) in [6, 6.07) is 11.0. The lowest BCUT2D eigenvalue weighted by Gasteiger charge is -2.17. The van der Waals surface area contributed by atoms with E-state index >= 15 is 0 Å². The Bertz CT molecular complexity index is 685. The molecular weight excluding hydrogens is 304 g/mol. The highest BCUT2D eigenvalue weighted by atomic mass is 16.5. The van der Waals surface area contributed by atoms with Crippen molar-refractivity contribution in [3.05, 3.63) is 47.8 Å². The lowest BCUT2D eigenvalue weighted by molar-refractivity contribution is 0.0946. The number of rotatable bonds is 6. The molecule has 2 heterocycles. The van der Waals surface area contributed by atoms with Crippen molar-refractivity contribution < 1.29 is 9.53 Å². The molecule has 1 aliphatic heterocycles. The maximum Gasteiger partial charge on any atom is 0.251 e. The van der Waals surface area contributed by atoms with E-state index in [9.17, 15) is 4.79 Å². The van der Waals surface area contributed by atoms with Crippen LogP contribution in [0.15, 0.2) is 36.4 Å². The third kappa shape index (κ3) is 4.22. The molecule has 0 unspecified atom stereocenters. The number of carbonyl (C=O) groups excluding carboxylic acids is 1. The first-order valence-corrected chi connectivity index (χ1v) is 8.29. The van der Waals surface area contributed by atoms with Gasteiger partial charge in [-0.2, -0.15) is 4.98 Å². The Kier molecular flexibility index (Phi) is 5.25. The summed E-state index contributed by atoms with van der Waals surface area (Å²) in [6.07, 6.45) is 2.40. The zero-order valence-corrected chi connectivity index (χ0v) is 13.9. The summed E-state index contributed by atoms with van der Waals surface area (Å²) < 4.78 is 5.68.